The summed E-state index contributed by atoms with van der Waals surface area (Å²) in [5.74, 6) is -7.17. The molecule has 0 bridgehead atoms. The van der Waals surface area contributed by atoms with Crippen LogP contribution in [0.25, 0.3) is 0 Å². The van der Waals surface area contributed by atoms with Crippen molar-refractivity contribution in [2.24, 2.45) is 11.5 Å². The molecule has 0 fully saturated rings. The van der Waals surface area contributed by atoms with E-state index < -0.39 is 79.2 Å². The zero-order chi connectivity index (χ0) is 22.0. The summed E-state index contributed by atoms with van der Waals surface area (Å²) < 4.78 is 0. The van der Waals surface area contributed by atoms with Gasteiger partial charge in [0.05, 0.1) is 25.5 Å². The number of amides is 4. The first-order valence-electron chi connectivity index (χ1n) is 7.89. The molecule has 0 aliphatic heterocycles. The number of hydrogen-bond donors (Lipinski definition) is 8. The van der Waals surface area contributed by atoms with Crippen LogP contribution in [-0.4, -0.2) is 81.7 Å². The van der Waals surface area contributed by atoms with Crippen molar-refractivity contribution in [1.29, 1.82) is 0 Å². The van der Waals surface area contributed by atoms with Gasteiger partial charge in [0.2, 0.25) is 23.6 Å². The lowest BCUT2D eigenvalue weighted by Crippen LogP contribution is -2.58. The molecule has 0 aliphatic rings. The van der Waals surface area contributed by atoms with Crippen molar-refractivity contribution in [2.75, 3.05) is 6.61 Å². The molecular weight excluding hydrogens is 382 g/mol. The minimum absolute atomic E-state index is 0.638. The summed E-state index contributed by atoms with van der Waals surface area (Å²) in [5, 5.41) is 32.8. The molecule has 0 aromatic heterocycles. The molecular formula is C14H23N5O9. The van der Waals surface area contributed by atoms with Crippen LogP contribution < -0.4 is 27.4 Å². The predicted molar refractivity (Wildman–Crippen MR) is 90.2 cm³/mol. The smallest absolute Gasteiger partial charge is 0.326 e. The van der Waals surface area contributed by atoms with Crippen LogP contribution in [0.2, 0.25) is 0 Å². The van der Waals surface area contributed by atoms with Gasteiger partial charge < -0.3 is 42.7 Å². The van der Waals surface area contributed by atoms with E-state index in [9.17, 15) is 33.9 Å². The van der Waals surface area contributed by atoms with Gasteiger partial charge >= 0.3 is 11.9 Å². The van der Waals surface area contributed by atoms with Crippen molar-refractivity contribution in [2.45, 2.75) is 43.9 Å². The minimum atomic E-state index is -1.81. The zero-order valence-corrected chi connectivity index (χ0v) is 14.9. The number of rotatable bonds is 12. The lowest BCUT2D eigenvalue weighted by Gasteiger charge is -2.23. The van der Waals surface area contributed by atoms with Gasteiger partial charge in [-0.1, -0.05) is 0 Å². The fourth-order valence-corrected chi connectivity index (χ4v) is 1.83. The summed E-state index contributed by atoms with van der Waals surface area (Å²) in [7, 11) is 0. The van der Waals surface area contributed by atoms with Crippen LogP contribution in [0.3, 0.4) is 0 Å². The van der Waals surface area contributed by atoms with E-state index in [0.717, 1.165) is 0 Å². The van der Waals surface area contributed by atoms with Gasteiger partial charge in [-0.05, 0) is 6.92 Å². The van der Waals surface area contributed by atoms with E-state index in [2.05, 4.69) is 5.32 Å². The highest BCUT2D eigenvalue weighted by Gasteiger charge is 2.31. The van der Waals surface area contributed by atoms with E-state index in [1.165, 1.54) is 6.92 Å². The third-order valence-corrected chi connectivity index (χ3v) is 3.26. The van der Waals surface area contributed by atoms with E-state index >= 15 is 0 Å². The van der Waals surface area contributed by atoms with E-state index in [4.69, 9.17) is 21.7 Å². The number of carbonyl (C=O) groups is 6. The maximum absolute atomic E-state index is 12.2. The van der Waals surface area contributed by atoms with Crippen LogP contribution in [0, 0.1) is 0 Å². The normalized spacial score (nSPS) is 14.7. The fraction of sp³-hybridized carbons (Fsp3) is 0.571. The van der Waals surface area contributed by atoms with Crippen molar-refractivity contribution in [1.82, 2.24) is 16.0 Å². The molecule has 0 rings (SSSR count). The Balaban J connectivity index is 5.19. The molecule has 28 heavy (non-hydrogen) atoms. The first-order valence-corrected chi connectivity index (χ1v) is 7.89. The van der Waals surface area contributed by atoms with Gasteiger partial charge in [0.25, 0.3) is 0 Å². The number of aliphatic hydroxyl groups excluding tert-OH is 1. The number of aliphatic carboxylic acids is 2. The second kappa shape index (κ2) is 11.5. The molecule has 0 heterocycles. The quantitative estimate of drug-likeness (QED) is 0.154. The Labute approximate surface area is 158 Å². The van der Waals surface area contributed by atoms with Crippen LogP contribution >= 0.6 is 0 Å². The number of nitrogens with one attached hydrogen (secondary N) is 3. The Morgan fingerprint density at radius 2 is 1.29 bits per heavy atom. The molecule has 0 aromatic carbocycles. The lowest BCUT2D eigenvalue weighted by molar-refractivity contribution is -0.147. The number of aliphatic hydroxyl groups is 1. The third-order valence-electron chi connectivity index (χ3n) is 3.26. The molecule has 158 valence electrons. The number of nitrogens with two attached hydrogens (primary N) is 2. The molecule has 0 saturated carbocycles. The number of carboxylic acids is 2. The minimum Gasteiger partial charge on any atom is -0.481 e. The summed E-state index contributed by atoms with van der Waals surface area (Å²) in [4.78, 5) is 68.6. The summed E-state index contributed by atoms with van der Waals surface area (Å²) in [6, 6.07) is -6.03. The van der Waals surface area contributed by atoms with Crippen LogP contribution in [0.5, 0.6) is 0 Å². The largest absolute Gasteiger partial charge is 0.481 e. The monoisotopic (exact) mass is 405 g/mol. The molecule has 14 heteroatoms. The first kappa shape index (κ1) is 24.7. The molecule has 4 unspecified atom stereocenters. The van der Waals surface area contributed by atoms with Gasteiger partial charge in [-0.2, -0.15) is 0 Å². The van der Waals surface area contributed by atoms with Crippen LogP contribution in [0.1, 0.15) is 19.8 Å². The maximum atomic E-state index is 12.2. The van der Waals surface area contributed by atoms with Crippen molar-refractivity contribution in [3.63, 3.8) is 0 Å². The van der Waals surface area contributed by atoms with Gasteiger partial charge in [0, 0.05) is 0 Å². The summed E-state index contributed by atoms with van der Waals surface area (Å²) >= 11 is 0. The number of carbonyl (C=O) groups excluding carboxylic acids is 4. The molecule has 10 N–H and O–H groups in total. The van der Waals surface area contributed by atoms with Crippen molar-refractivity contribution in [3.8, 4) is 0 Å². The number of primary amides is 1. The van der Waals surface area contributed by atoms with Crippen molar-refractivity contribution >= 4 is 35.6 Å². The predicted octanol–water partition coefficient (Wildman–Crippen LogP) is -4.78. The molecule has 0 saturated heterocycles. The highest BCUT2D eigenvalue weighted by atomic mass is 16.4. The van der Waals surface area contributed by atoms with Gasteiger partial charge in [0.1, 0.15) is 18.1 Å². The molecule has 0 aromatic rings. The Morgan fingerprint density at radius 1 is 0.821 bits per heavy atom. The molecule has 0 spiro atoms. The molecule has 4 amide bonds. The summed E-state index contributed by atoms with van der Waals surface area (Å²) in [6.07, 6.45) is -1.58. The SMILES string of the molecule is CC(N)C(=O)NC(CC(N)=O)C(=O)NC(CO)C(=O)NC(CC(=O)O)C(=O)O. The number of hydrogen-bond acceptors (Lipinski definition) is 8. The highest BCUT2D eigenvalue weighted by molar-refractivity contribution is 5.96. The average molecular weight is 405 g/mol. The van der Waals surface area contributed by atoms with Crippen LogP contribution in [0.4, 0.5) is 0 Å². The van der Waals surface area contributed by atoms with Crippen LogP contribution in [0.15, 0.2) is 0 Å². The number of carboxylic acid groups (broad SMARTS) is 2. The van der Waals surface area contributed by atoms with Gasteiger partial charge in [-0.25, -0.2) is 4.79 Å². The highest BCUT2D eigenvalue weighted by Crippen LogP contribution is 1.98. The van der Waals surface area contributed by atoms with E-state index in [0.29, 0.717) is 0 Å². The van der Waals surface area contributed by atoms with E-state index in [1.54, 1.807) is 0 Å². The topological polar surface area (TPSA) is 251 Å². The lowest BCUT2D eigenvalue weighted by atomic mass is 10.1. The Bertz CT molecular complexity index is 637. The van der Waals surface area contributed by atoms with Gasteiger partial charge in [0.15, 0.2) is 0 Å². The summed E-state index contributed by atoms with van der Waals surface area (Å²) in [5.41, 5.74) is 10.3. The van der Waals surface area contributed by atoms with E-state index in [-0.39, 0.29) is 0 Å². The zero-order valence-electron chi connectivity index (χ0n) is 14.9. The Kier molecular flexibility index (Phi) is 10.1. The second-order valence-corrected chi connectivity index (χ2v) is 5.76. The molecule has 4 atom stereocenters. The molecule has 0 radical (unpaired) electrons. The standard InChI is InChI=1S/C14H23N5O9/c1-5(15)11(24)17-6(2-9(16)21)12(25)19-8(4-20)13(26)18-7(14(27)28)3-10(22)23/h5-8,20H,2-4,15H2,1H3,(H2,16,21)(H,17,24)(H,18,26)(H,19,25)(H,22,23)(H,27,28). The Morgan fingerprint density at radius 3 is 1.68 bits per heavy atom. The molecule has 14 nitrogen and oxygen atoms in total. The average Bonchev–Trinajstić information content (AvgIpc) is 2.56. The first-order chi connectivity index (χ1) is 12.9. The van der Waals surface area contributed by atoms with Crippen LogP contribution in [-0.2, 0) is 28.8 Å². The van der Waals surface area contributed by atoms with Crippen molar-refractivity contribution in [3.05, 3.63) is 0 Å². The van der Waals surface area contributed by atoms with E-state index in [1.807, 2.05) is 10.6 Å². The summed E-state index contributed by atoms with van der Waals surface area (Å²) in [6.45, 7) is 0.328. The maximum Gasteiger partial charge on any atom is 0.326 e. The molecule has 0 aliphatic carbocycles. The second-order valence-electron chi connectivity index (χ2n) is 5.76. The van der Waals surface area contributed by atoms with Gasteiger partial charge in [-0.15, -0.1) is 0 Å². The van der Waals surface area contributed by atoms with Gasteiger partial charge in [-0.3, -0.25) is 24.0 Å². The third kappa shape index (κ3) is 8.91. The van der Waals surface area contributed by atoms with Crippen molar-refractivity contribution < 1.29 is 44.1 Å². The fourth-order valence-electron chi connectivity index (χ4n) is 1.83. The Hall–Kier alpha value is -3.26.